The van der Waals surface area contributed by atoms with Crippen molar-refractivity contribution >= 4 is 0 Å². The lowest BCUT2D eigenvalue weighted by molar-refractivity contribution is 0.0382. The molecule has 2 rings (SSSR count). The average Bonchev–Trinajstić information content (AvgIpc) is 2.48. The van der Waals surface area contributed by atoms with Crippen LogP contribution < -0.4 is 5.73 Å². The molecule has 1 aliphatic heterocycles. The predicted octanol–water partition coefficient (Wildman–Crippen LogP) is 2.56. The molecule has 0 amide bonds. The molecular formula is C17H35N3. The molecule has 118 valence electrons. The van der Waals surface area contributed by atoms with E-state index in [1.54, 1.807) is 0 Å². The average molecular weight is 281 g/mol. The summed E-state index contributed by atoms with van der Waals surface area (Å²) in [5.41, 5.74) is 5.75. The van der Waals surface area contributed by atoms with E-state index >= 15 is 0 Å². The highest BCUT2D eigenvalue weighted by Crippen LogP contribution is 2.32. The molecule has 2 fully saturated rings. The Morgan fingerprint density at radius 2 is 1.75 bits per heavy atom. The zero-order valence-corrected chi connectivity index (χ0v) is 13.9. The molecule has 0 spiro atoms. The van der Waals surface area contributed by atoms with Crippen LogP contribution in [0.5, 0.6) is 0 Å². The first-order chi connectivity index (χ1) is 9.65. The first-order valence-electron chi connectivity index (χ1n) is 8.83. The number of hydrogen-bond acceptors (Lipinski definition) is 3. The van der Waals surface area contributed by atoms with Crippen LogP contribution >= 0.6 is 0 Å². The predicted molar refractivity (Wildman–Crippen MR) is 86.9 cm³/mol. The van der Waals surface area contributed by atoms with Gasteiger partial charge in [-0.3, -0.25) is 9.80 Å². The summed E-state index contributed by atoms with van der Waals surface area (Å²) in [5.74, 6) is 1.84. The van der Waals surface area contributed by atoms with E-state index in [-0.39, 0.29) is 0 Å². The van der Waals surface area contributed by atoms with Crippen molar-refractivity contribution in [3.8, 4) is 0 Å². The van der Waals surface area contributed by atoms with Gasteiger partial charge in [-0.15, -0.1) is 0 Å². The van der Waals surface area contributed by atoms with Crippen molar-refractivity contribution < 1.29 is 0 Å². The van der Waals surface area contributed by atoms with Crippen molar-refractivity contribution in [2.24, 2.45) is 17.6 Å². The standard InChI is InChI=1S/C17H35N3/c1-4-16(7-8-18)19-9-11-20(12-10-19)17-6-5-14(2)15(3)13-17/h14-17H,4-13,18H2,1-3H3. The monoisotopic (exact) mass is 281 g/mol. The van der Waals surface area contributed by atoms with Crippen LogP contribution in [-0.2, 0) is 0 Å². The Bertz CT molecular complexity index is 273. The first kappa shape index (κ1) is 16.3. The molecule has 1 saturated heterocycles. The zero-order valence-electron chi connectivity index (χ0n) is 13.9. The largest absolute Gasteiger partial charge is 0.330 e. The molecule has 3 nitrogen and oxygen atoms in total. The second-order valence-electron chi connectivity index (χ2n) is 7.13. The first-order valence-corrected chi connectivity index (χ1v) is 8.83. The second-order valence-corrected chi connectivity index (χ2v) is 7.13. The molecule has 3 heteroatoms. The number of nitrogens with zero attached hydrogens (tertiary/aromatic N) is 2. The van der Waals surface area contributed by atoms with Crippen LogP contribution in [0.3, 0.4) is 0 Å². The SMILES string of the molecule is CCC(CCN)N1CCN(C2CCC(C)C(C)C2)CC1. The molecule has 0 radical (unpaired) electrons. The highest BCUT2D eigenvalue weighted by molar-refractivity contribution is 4.86. The van der Waals surface area contributed by atoms with E-state index in [1.807, 2.05) is 0 Å². The number of hydrogen-bond donors (Lipinski definition) is 1. The van der Waals surface area contributed by atoms with E-state index < -0.39 is 0 Å². The lowest BCUT2D eigenvalue weighted by atomic mass is 9.78. The smallest absolute Gasteiger partial charge is 0.0113 e. The summed E-state index contributed by atoms with van der Waals surface area (Å²) in [6, 6.07) is 1.57. The third-order valence-corrected chi connectivity index (χ3v) is 5.92. The fourth-order valence-corrected chi connectivity index (χ4v) is 4.16. The summed E-state index contributed by atoms with van der Waals surface area (Å²) in [6.45, 7) is 13.0. The van der Waals surface area contributed by atoms with E-state index in [0.717, 1.165) is 30.8 Å². The lowest BCUT2D eigenvalue weighted by Gasteiger charge is -2.45. The fraction of sp³-hybridized carbons (Fsp3) is 1.00. The van der Waals surface area contributed by atoms with Gasteiger partial charge in [0.15, 0.2) is 0 Å². The number of nitrogens with two attached hydrogens (primary N) is 1. The molecule has 1 saturated carbocycles. The van der Waals surface area contributed by atoms with Crippen LogP contribution in [0, 0.1) is 11.8 Å². The van der Waals surface area contributed by atoms with Gasteiger partial charge in [0.25, 0.3) is 0 Å². The minimum atomic E-state index is 0.715. The van der Waals surface area contributed by atoms with Crippen molar-refractivity contribution in [1.29, 1.82) is 0 Å². The van der Waals surface area contributed by atoms with E-state index in [1.165, 1.54) is 51.9 Å². The van der Waals surface area contributed by atoms with E-state index in [0.29, 0.717) is 6.04 Å². The molecule has 1 heterocycles. The molecule has 0 aromatic heterocycles. The molecule has 4 atom stereocenters. The molecule has 2 N–H and O–H groups in total. The fourth-order valence-electron chi connectivity index (χ4n) is 4.16. The Hall–Kier alpha value is -0.120. The van der Waals surface area contributed by atoms with Gasteiger partial charge in [-0.25, -0.2) is 0 Å². The van der Waals surface area contributed by atoms with Crippen LogP contribution in [0.1, 0.15) is 52.9 Å². The highest BCUT2D eigenvalue weighted by atomic mass is 15.3. The maximum absolute atomic E-state index is 5.75. The second kappa shape index (κ2) is 7.77. The minimum absolute atomic E-state index is 0.715. The van der Waals surface area contributed by atoms with Crippen LogP contribution in [0.4, 0.5) is 0 Å². The quantitative estimate of drug-likeness (QED) is 0.840. The van der Waals surface area contributed by atoms with Gasteiger partial charge in [-0.05, 0) is 50.5 Å². The molecule has 4 unspecified atom stereocenters. The van der Waals surface area contributed by atoms with Gasteiger partial charge in [0.05, 0.1) is 0 Å². The minimum Gasteiger partial charge on any atom is -0.330 e. The molecule has 20 heavy (non-hydrogen) atoms. The van der Waals surface area contributed by atoms with Crippen LogP contribution in [0.15, 0.2) is 0 Å². The van der Waals surface area contributed by atoms with Gasteiger partial charge in [0.1, 0.15) is 0 Å². The third-order valence-electron chi connectivity index (χ3n) is 5.92. The van der Waals surface area contributed by atoms with Gasteiger partial charge in [-0.2, -0.15) is 0 Å². The Labute approximate surface area is 125 Å². The molecule has 2 aliphatic rings. The van der Waals surface area contributed by atoms with E-state index in [4.69, 9.17) is 5.73 Å². The summed E-state index contributed by atoms with van der Waals surface area (Å²) in [5, 5.41) is 0. The zero-order chi connectivity index (χ0) is 14.5. The van der Waals surface area contributed by atoms with Gasteiger partial charge >= 0.3 is 0 Å². The number of rotatable bonds is 5. The summed E-state index contributed by atoms with van der Waals surface area (Å²) in [6.07, 6.45) is 6.67. The Balaban J connectivity index is 1.79. The summed E-state index contributed by atoms with van der Waals surface area (Å²) in [7, 11) is 0. The summed E-state index contributed by atoms with van der Waals surface area (Å²) >= 11 is 0. The Morgan fingerprint density at radius 3 is 2.30 bits per heavy atom. The van der Waals surface area contributed by atoms with Crippen LogP contribution in [0.25, 0.3) is 0 Å². The topological polar surface area (TPSA) is 32.5 Å². The molecular weight excluding hydrogens is 246 g/mol. The molecule has 1 aliphatic carbocycles. The maximum Gasteiger partial charge on any atom is 0.0113 e. The van der Waals surface area contributed by atoms with Gasteiger partial charge in [0.2, 0.25) is 0 Å². The van der Waals surface area contributed by atoms with Crippen molar-refractivity contribution in [3.05, 3.63) is 0 Å². The Kier molecular flexibility index (Phi) is 6.31. The summed E-state index contributed by atoms with van der Waals surface area (Å²) in [4.78, 5) is 5.45. The van der Waals surface area contributed by atoms with Gasteiger partial charge < -0.3 is 5.73 Å². The highest BCUT2D eigenvalue weighted by Gasteiger charge is 2.31. The van der Waals surface area contributed by atoms with Crippen LogP contribution in [0.2, 0.25) is 0 Å². The van der Waals surface area contributed by atoms with Crippen molar-refractivity contribution in [2.75, 3.05) is 32.7 Å². The van der Waals surface area contributed by atoms with Crippen molar-refractivity contribution in [1.82, 2.24) is 9.80 Å². The normalized spacial score (nSPS) is 35.1. The third kappa shape index (κ3) is 3.96. The Morgan fingerprint density at radius 1 is 1.05 bits per heavy atom. The van der Waals surface area contributed by atoms with Gasteiger partial charge in [0, 0.05) is 38.3 Å². The summed E-state index contributed by atoms with van der Waals surface area (Å²) < 4.78 is 0. The van der Waals surface area contributed by atoms with Crippen molar-refractivity contribution in [3.63, 3.8) is 0 Å². The molecule has 0 bridgehead atoms. The number of piperazine rings is 1. The lowest BCUT2D eigenvalue weighted by Crippen LogP contribution is -2.54. The molecule has 0 aromatic carbocycles. The molecule has 0 aromatic rings. The maximum atomic E-state index is 5.75. The van der Waals surface area contributed by atoms with Crippen molar-refractivity contribution in [2.45, 2.75) is 65.0 Å². The van der Waals surface area contributed by atoms with Crippen LogP contribution in [-0.4, -0.2) is 54.6 Å². The van der Waals surface area contributed by atoms with E-state index in [2.05, 4.69) is 30.6 Å². The van der Waals surface area contributed by atoms with E-state index in [9.17, 15) is 0 Å². The van der Waals surface area contributed by atoms with Gasteiger partial charge in [-0.1, -0.05) is 20.8 Å².